The van der Waals surface area contributed by atoms with Gasteiger partial charge in [0.2, 0.25) is 0 Å². The molecule has 0 aromatic carbocycles. The van der Waals surface area contributed by atoms with Crippen LogP contribution in [0, 0.1) is 5.92 Å². The predicted molar refractivity (Wildman–Crippen MR) is 71.2 cm³/mol. The molecule has 0 aromatic rings. The van der Waals surface area contributed by atoms with Crippen molar-refractivity contribution in [3.63, 3.8) is 0 Å². The molecule has 1 N–H and O–H groups in total. The standard InChI is InChI=1S/C14H27N3/c1-2-9-17(8-1)14-5-10-16(12-14)11-13-3-6-15-7-4-13/h13-15H,1-12H2. The van der Waals surface area contributed by atoms with Crippen LogP contribution in [0.5, 0.6) is 0 Å². The molecular formula is C14H27N3. The van der Waals surface area contributed by atoms with Crippen LogP contribution in [0.4, 0.5) is 0 Å². The molecule has 0 spiro atoms. The first kappa shape index (κ1) is 11.9. The molecule has 0 aliphatic carbocycles. The van der Waals surface area contributed by atoms with Crippen molar-refractivity contribution in [1.82, 2.24) is 15.1 Å². The topological polar surface area (TPSA) is 18.5 Å². The van der Waals surface area contributed by atoms with Gasteiger partial charge in [-0.1, -0.05) is 0 Å². The average Bonchev–Trinajstić information content (AvgIpc) is 3.00. The molecule has 3 fully saturated rings. The van der Waals surface area contributed by atoms with Crippen LogP contribution in [-0.2, 0) is 0 Å². The molecule has 3 heteroatoms. The van der Waals surface area contributed by atoms with Crippen molar-refractivity contribution in [2.75, 3.05) is 45.8 Å². The van der Waals surface area contributed by atoms with E-state index in [0.717, 1.165) is 12.0 Å². The second-order valence-electron chi connectivity index (χ2n) is 6.14. The molecule has 1 atom stereocenters. The fourth-order valence-electron chi connectivity index (χ4n) is 3.81. The Morgan fingerprint density at radius 3 is 2.47 bits per heavy atom. The first-order valence-electron chi connectivity index (χ1n) is 7.59. The second-order valence-corrected chi connectivity index (χ2v) is 6.14. The highest BCUT2D eigenvalue weighted by atomic mass is 15.3. The van der Waals surface area contributed by atoms with Gasteiger partial charge in [0.1, 0.15) is 0 Å². The van der Waals surface area contributed by atoms with Crippen LogP contribution in [-0.4, -0.2) is 61.7 Å². The van der Waals surface area contributed by atoms with E-state index in [1.165, 1.54) is 77.9 Å². The van der Waals surface area contributed by atoms with Gasteiger partial charge in [-0.25, -0.2) is 0 Å². The first-order valence-corrected chi connectivity index (χ1v) is 7.59. The van der Waals surface area contributed by atoms with E-state index in [9.17, 15) is 0 Å². The zero-order valence-corrected chi connectivity index (χ0v) is 11.0. The van der Waals surface area contributed by atoms with Crippen molar-refractivity contribution in [2.45, 2.75) is 38.1 Å². The van der Waals surface area contributed by atoms with Gasteiger partial charge in [-0.3, -0.25) is 4.90 Å². The summed E-state index contributed by atoms with van der Waals surface area (Å²) >= 11 is 0. The number of rotatable bonds is 3. The number of likely N-dealkylation sites (tertiary alicyclic amines) is 2. The van der Waals surface area contributed by atoms with Crippen molar-refractivity contribution in [3.8, 4) is 0 Å². The summed E-state index contributed by atoms with van der Waals surface area (Å²) in [5.74, 6) is 0.966. The fourth-order valence-corrected chi connectivity index (χ4v) is 3.81. The predicted octanol–water partition coefficient (Wildman–Crippen LogP) is 1.16. The summed E-state index contributed by atoms with van der Waals surface area (Å²) in [6, 6.07) is 0.888. The lowest BCUT2D eigenvalue weighted by atomic mass is 9.98. The minimum atomic E-state index is 0.888. The van der Waals surface area contributed by atoms with Gasteiger partial charge in [-0.05, 0) is 70.7 Å². The highest BCUT2D eigenvalue weighted by Gasteiger charge is 2.30. The van der Waals surface area contributed by atoms with Gasteiger partial charge < -0.3 is 10.2 Å². The summed E-state index contributed by atoms with van der Waals surface area (Å²) in [6.07, 6.45) is 7.08. The van der Waals surface area contributed by atoms with E-state index in [1.54, 1.807) is 0 Å². The summed E-state index contributed by atoms with van der Waals surface area (Å²) in [5, 5.41) is 3.47. The monoisotopic (exact) mass is 237 g/mol. The van der Waals surface area contributed by atoms with Crippen molar-refractivity contribution in [2.24, 2.45) is 5.92 Å². The Morgan fingerprint density at radius 2 is 1.71 bits per heavy atom. The van der Waals surface area contributed by atoms with Crippen molar-refractivity contribution < 1.29 is 0 Å². The summed E-state index contributed by atoms with van der Waals surface area (Å²) in [4.78, 5) is 5.47. The molecule has 0 bridgehead atoms. The molecule has 3 heterocycles. The van der Waals surface area contributed by atoms with Crippen LogP contribution in [0.25, 0.3) is 0 Å². The van der Waals surface area contributed by atoms with Crippen LogP contribution < -0.4 is 5.32 Å². The molecule has 0 aromatic heterocycles. The number of piperidine rings is 1. The molecule has 3 rings (SSSR count). The van der Waals surface area contributed by atoms with Crippen LogP contribution in [0.2, 0.25) is 0 Å². The van der Waals surface area contributed by atoms with Gasteiger partial charge in [-0.2, -0.15) is 0 Å². The summed E-state index contributed by atoms with van der Waals surface area (Å²) in [7, 11) is 0. The number of nitrogens with one attached hydrogen (secondary N) is 1. The summed E-state index contributed by atoms with van der Waals surface area (Å²) in [6.45, 7) is 9.29. The average molecular weight is 237 g/mol. The Kier molecular flexibility index (Phi) is 3.99. The maximum Gasteiger partial charge on any atom is 0.0235 e. The Bertz CT molecular complexity index is 232. The lowest BCUT2D eigenvalue weighted by molar-refractivity contribution is 0.205. The van der Waals surface area contributed by atoms with Gasteiger partial charge in [-0.15, -0.1) is 0 Å². The zero-order valence-electron chi connectivity index (χ0n) is 11.0. The van der Waals surface area contributed by atoms with E-state index in [-0.39, 0.29) is 0 Å². The lowest BCUT2D eigenvalue weighted by Gasteiger charge is -2.28. The van der Waals surface area contributed by atoms with E-state index in [2.05, 4.69) is 15.1 Å². The minimum Gasteiger partial charge on any atom is -0.317 e. The van der Waals surface area contributed by atoms with E-state index in [0.29, 0.717) is 0 Å². The van der Waals surface area contributed by atoms with E-state index < -0.39 is 0 Å². The van der Waals surface area contributed by atoms with Crippen molar-refractivity contribution in [1.29, 1.82) is 0 Å². The summed E-state index contributed by atoms with van der Waals surface area (Å²) < 4.78 is 0. The molecule has 0 radical (unpaired) electrons. The van der Waals surface area contributed by atoms with Crippen LogP contribution in [0.1, 0.15) is 32.1 Å². The first-order chi connectivity index (χ1) is 8.42. The van der Waals surface area contributed by atoms with Gasteiger partial charge in [0, 0.05) is 19.1 Å². The Labute approximate surface area is 106 Å². The molecule has 17 heavy (non-hydrogen) atoms. The van der Waals surface area contributed by atoms with Crippen LogP contribution >= 0.6 is 0 Å². The van der Waals surface area contributed by atoms with E-state index in [1.807, 2.05) is 0 Å². The van der Waals surface area contributed by atoms with Gasteiger partial charge in [0.15, 0.2) is 0 Å². The van der Waals surface area contributed by atoms with Gasteiger partial charge >= 0.3 is 0 Å². The maximum atomic E-state index is 3.47. The highest BCUT2D eigenvalue weighted by molar-refractivity contribution is 4.86. The lowest BCUT2D eigenvalue weighted by Crippen LogP contribution is -2.38. The fraction of sp³-hybridized carbons (Fsp3) is 1.00. The molecule has 3 saturated heterocycles. The third kappa shape index (κ3) is 3.01. The Morgan fingerprint density at radius 1 is 0.941 bits per heavy atom. The molecule has 3 aliphatic rings. The Hall–Kier alpha value is -0.120. The third-order valence-electron chi connectivity index (χ3n) is 4.88. The Balaban J connectivity index is 1.43. The highest BCUT2D eigenvalue weighted by Crippen LogP contribution is 2.22. The van der Waals surface area contributed by atoms with Crippen molar-refractivity contribution in [3.05, 3.63) is 0 Å². The SMILES string of the molecule is C1CCN(C2CCN(CC3CCNCC3)C2)C1. The summed E-state index contributed by atoms with van der Waals surface area (Å²) in [5.41, 5.74) is 0. The molecular weight excluding hydrogens is 210 g/mol. The van der Waals surface area contributed by atoms with Gasteiger partial charge in [0.25, 0.3) is 0 Å². The van der Waals surface area contributed by atoms with Crippen molar-refractivity contribution >= 4 is 0 Å². The third-order valence-corrected chi connectivity index (χ3v) is 4.88. The molecule has 3 aliphatic heterocycles. The minimum absolute atomic E-state index is 0.888. The molecule has 0 amide bonds. The zero-order chi connectivity index (χ0) is 11.5. The van der Waals surface area contributed by atoms with E-state index in [4.69, 9.17) is 0 Å². The van der Waals surface area contributed by atoms with Crippen LogP contribution in [0.15, 0.2) is 0 Å². The number of hydrogen-bond donors (Lipinski definition) is 1. The second kappa shape index (κ2) is 5.68. The molecule has 3 nitrogen and oxygen atoms in total. The molecule has 1 unspecified atom stereocenters. The van der Waals surface area contributed by atoms with E-state index >= 15 is 0 Å². The maximum absolute atomic E-state index is 3.47. The number of nitrogens with zero attached hydrogens (tertiary/aromatic N) is 2. The number of hydrogen-bond acceptors (Lipinski definition) is 3. The van der Waals surface area contributed by atoms with Gasteiger partial charge in [0.05, 0.1) is 0 Å². The normalized spacial score (nSPS) is 33.5. The molecule has 0 saturated carbocycles. The molecule has 98 valence electrons. The quantitative estimate of drug-likeness (QED) is 0.794. The van der Waals surface area contributed by atoms with Crippen LogP contribution in [0.3, 0.4) is 0 Å². The smallest absolute Gasteiger partial charge is 0.0235 e. The largest absolute Gasteiger partial charge is 0.317 e.